The molecule has 0 amide bonds. The number of nitro groups is 2. The molecule has 0 fully saturated rings. The fourth-order valence-electron chi connectivity index (χ4n) is 1.24. The van der Waals surface area contributed by atoms with Crippen molar-refractivity contribution in [3.05, 3.63) is 56.6 Å². The second kappa shape index (κ2) is 6.24. The third kappa shape index (κ3) is 3.87. The maximum absolute atomic E-state index is 11.6. The highest BCUT2D eigenvalue weighted by atomic mass is 16.6. The molecule has 100 valence electrons. The topological polar surface area (TPSA) is 113 Å². The quantitative estimate of drug-likeness (QED) is 0.256. The van der Waals surface area contributed by atoms with Gasteiger partial charge in [-0.25, -0.2) is 4.79 Å². The van der Waals surface area contributed by atoms with Gasteiger partial charge < -0.3 is 4.74 Å². The average molecular weight is 266 g/mol. The molecule has 1 aromatic rings. The van der Waals surface area contributed by atoms with Gasteiger partial charge >= 0.3 is 5.97 Å². The van der Waals surface area contributed by atoms with Gasteiger partial charge in [0.1, 0.15) is 0 Å². The Hall–Kier alpha value is -2.77. The monoisotopic (exact) mass is 266 g/mol. The lowest BCUT2D eigenvalue weighted by Gasteiger charge is -2.03. The number of rotatable bonds is 6. The molecule has 19 heavy (non-hydrogen) atoms. The minimum absolute atomic E-state index is 0.0544. The number of nitro benzene ring substituents is 2. The van der Waals surface area contributed by atoms with Gasteiger partial charge in [0.25, 0.3) is 11.4 Å². The van der Waals surface area contributed by atoms with Crippen LogP contribution in [0.5, 0.6) is 0 Å². The van der Waals surface area contributed by atoms with Crippen molar-refractivity contribution in [1.29, 1.82) is 0 Å². The number of hydrogen-bond acceptors (Lipinski definition) is 6. The molecular weight excluding hydrogens is 256 g/mol. The van der Waals surface area contributed by atoms with E-state index in [0.717, 1.165) is 18.2 Å². The Balaban J connectivity index is 3.05. The Kier molecular flexibility index (Phi) is 4.69. The van der Waals surface area contributed by atoms with Crippen molar-refractivity contribution >= 4 is 17.3 Å². The van der Waals surface area contributed by atoms with E-state index < -0.39 is 27.2 Å². The largest absolute Gasteiger partial charge is 0.462 e. The smallest absolute Gasteiger partial charge is 0.338 e. The van der Waals surface area contributed by atoms with E-state index >= 15 is 0 Å². The summed E-state index contributed by atoms with van der Waals surface area (Å²) in [5.74, 6) is -0.853. The molecule has 0 radical (unpaired) electrons. The summed E-state index contributed by atoms with van der Waals surface area (Å²) >= 11 is 0. The van der Waals surface area contributed by atoms with Crippen LogP contribution in [0.4, 0.5) is 11.4 Å². The number of carbonyl (C=O) groups is 1. The molecule has 1 aromatic carbocycles. The summed E-state index contributed by atoms with van der Waals surface area (Å²) in [5, 5.41) is 21.3. The molecule has 0 heterocycles. The minimum Gasteiger partial charge on any atom is -0.462 e. The molecule has 8 heteroatoms. The normalized spacial score (nSPS) is 9.68. The highest BCUT2D eigenvalue weighted by Crippen LogP contribution is 2.23. The van der Waals surface area contributed by atoms with Crippen molar-refractivity contribution in [2.24, 2.45) is 0 Å². The van der Waals surface area contributed by atoms with Gasteiger partial charge in [-0.1, -0.05) is 6.08 Å². The van der Waals surface area contributed by atoms with Gasteiger partial charge in [-0.2, -0.15) is 0 Å². The highest BCUT2D eigenvalue weighted by Gasteiger charge is 2.20. The zero-order valence-electron chi connectivity index (χ0n) is 9.77. The number of carbonyl (C=O) groups excluding carboxylic acids is 1. The van der Waals surface area contributed by atoms with Gasteiger partial charge in [-0.05, 0) is 6.42 Å². The lowest BCUT2D eigenvalue weighted by atomic mass is 10.2. The van der Waals surface area contributed by atoms with E-state index in [0.29, 0.717) is 6.42 Å². The summed E-state index contributed by atoms with van der Waals surface area (Å²) in [6.45, 7) is 3.49. The fraction of sp³-hybridized carbons (Fsp3) is 0.182. The maximum Gasteiger partial charge on any atom is 0.338 e. The Labute approximate surface area is 107 Å². The van der Waals surface area contributed by atoms with Crippen LogP contribution in [-0.4, -0.2) is 22.4 Å². The molecule has 0 aromatic heterocycles. The van der Waals surface area contributed by atoms with Crippen LogP contribution in [-0.2, 0) is 4.74 Å². The van der Waals surface area contributed by atoms with Crippen molar-refractivity contribution in [1.82, 2.24) is 0 Å². The summed E-state index contributed by atoms with van der Waals surface area (Å²) in [6.07, 6.45) is 1.95. The Morgan fingerprint density at radius 1 is 1.21 bits per heavy atom. The lowest BCUT2D eigenvalue weighted by Crippen LogP contribution is -2.07. The van der Waals surface area contributed by atoms with Gasteiger partial charge in [0.2, 0.25) is 0 Å². The molecule has 8 nitrogen and oxygen atoms in total. The van der Waals surface area contributed by atoms with Crippen LogP contribution in [0.3, 0.4) is 0 Å². The average Bonchev–Trinajstić information content (AvgIpc) is 2.38. The fourth-order valence-corrected chi connectivity index (χ4v) is 1.24. The minimum atomic E-state index is -0.853. The van der Waals surface area contributed by atoms with E-state index in [9.17, 15) is 25.0 Å². The SMILES string of the molecule is C=CCCOC(=O)c1cc([N+](=O)[O-])cc([N+](=O)[O-])c1. The standard InChI is InChI=1S/C11H10N2O6/c1-2-3-4-19-11(14)8-5-9(12(15)16)7-10(6-8)13(17)18/h2,5-7H,1,3-4H2. The summed E-state index contributed by atoms with van der Waals surface area (Å²) in [6, 6.07) is 2.65. The number of ether oxygens (including phenoxy) is 1. The number of benzene rings is 1. The molecule has 1 rings (SSSR count). The van der Waals surface area contributed by atoms with Crippen LogP contribution in [0.1, 0.15) is 16.8 Å². The molecule has 0 N–H and O–H groups in total. The lowest BCUT2D eigenvalue weighted by molar-refractivity contribution is -0.394. The molecule has 0 unspecified atom stereocenters. The van der Waals surface area contributed by atoms with Crippen LogP contribution >= 0.6 is 0 Å². The van der Waals surface area contributed by atoms with Gasteiger partial charge in [-0.15, -0.1) is 6.58 Å². The van der Waals surface area contributed by atoms with Crippen molar-refractivity contribution in [2.45, 2.75) is 6.42 Å². The first-order valence-corrected chi connectivity index (χ1v) is 5.17. The molecule has 0 saturated carbocycles. The molecule has 0 aliphatic carbocycles. The van der Waals surface area contributed by atoms with Gasteiger partial charge in [0.05, 0.1) is 28.1 Å². The van der Waals surface area contributed by atoms with Gasteiger partial charge in [-0.3, -0.25) is 20.2 Å². The summed E-state index contributed by atoms with van der Waals surface area (Å²) in [5.41, 5.74) is -1.31. The predicted octanol–water partition coefficient (Wildman–Crippen LogP) is 2.24. The zero-order chi connectivity index (χ0) is 14.4. The number of non-ortho nitro benzene ring substituents is 2. The number of nitrogens with zero attached hydrogens (tertiary/aromatic N) is 2. The van der Waals surface area contributed by atoms with E-state index in [1.807, 2.05) is 0 Å². The summed E-state index contributed by atoms with van der Waals surface area (Å²) < 4.78 is 4.78. The van der Waals surface area contributed by atoms with Crippen molar-refractivity contribution in [3.8, 4) is 0 Å². The first-order valence-electron chi connectivity index (χ1n) is 5.17. The third-order valence-electron chi connectivity index (χ3n) is 2.12. The first kappa shape index (κ1) is 14.3. The van der Waals surface area contributed by atoms with Gasteiger partial charge in [0, 0.05) is 12.1 Å². The molecule has 0 atom stereocenters. The van der Waals surface area contributed by atoms with Crippen LogP contribution in [0, 0.1) is 20.2 Å². The van der Waals surface area contributed by atoms with Gasteiger partial charge in [0.15, 0.2) is 0 Å². The molecule has 0 aliphatic rings. The van der Waals surface area contributed by atoms with E-state index in [4.69, 9.17) is 4.74 Å². The molecule has 0 aliphatic heterocycles. The van der Waals surface area contributed by atoms with Crippen molar-refractivity contribution in [2.75, 3.05) is 6.61 Å². The van der Waals surface area contributed by atoms with Crippen molar-refractivity contribution < 1.29 is 19.4 Å². The summed E-state index contributed by atoms with van der Waals surface area (Å²) in [7, 11) is 0. The van der Waals surface area contributed by atoms with Crippen LogP contribution in [0.25, 0.3) is 0 Å². The highest BCUT2D eigenvalue weighted by molar-refractivity contribution is 5.91. The Morgan fingerprint density at radius 3 is 2.16 bits per heavy atom. The second-order valence-corrected chi connectivity index (χ2v) is 3.47. The second-order valence-electron chi connectivity index (χ2n) is 3.47. The third-order valence-corrected chi connectivity index (χ3v) is 2.12. The predicted molar refractivity (Wildman–Crippen MR) is 64.8 cm³/mol. The van der Waals surface area contributed by atoms with Crippen LogP contribution in [0.2, 0.25) is 0 Å². The van der Waals surface area contributed by atoms with E-state index in [1.54, 1.807) is 0 Å². The molecule has 0 bridgehead atoms. The van der Waals surface area contributed by atoms with E-state index in [-0.39, 0.29) is 12.2 Å². The Bertz CT molecular complexity index is 508. The van der Waals surface area contributed by atoms with E-state index in [1.165, 1.54) is 6.08 Å². The van der Waals surface area contributed by atoms with Crippen LogP contribution < -0.4 is 0 Å². The molecular formula is C11H10N2O6. The summed E-state index contributed by atoms with van der Waals surface area (Å²) in [4.78, 5) is 31.2. The molecule has 0 spiro atoms. The van der Waals surface area contributed by atoms with E-state index in [2.05, 4.69) is 6.58 Å². The zero-order valence-corrected chi connectivity index (χ0v) is 9.77. The number of esters is 1. The Morgan fingerprint density at radius 2 is 1.74 bits per heavy atom. The van der Waals surface area contributed by atoms with Crippen LogP contribution in [0.15, 0.2) is 30.9 Å². The molecule has 0 saturated heterocycles. The number of hydrogen-bond donors (Lipinski definition) is 0. The maximum atomic E-state index is 11.6. The van der Waals surface area contributed by atoms with Crippen molar-refractivity contribution in [3.63, 3.8) is 0 Å². The first-order chi connectivity index (χ1) is 8.95.